The fourth-order valence-electron chi connectivity index (χ4n) is 1.07. The van der Waals surface area contributed by atoms with Crippen LogP contribution in [0, 0.1) is 23.5 Å². The van der Waals surface area contributed by atoms with E-state index >= 15 is 0 Å². The van der Waals surface area contributed by atoms with Crippen molar-refractivity contribution in [3.63, 3.8) is 0 Å². The first-order chi connectivity index (χ1) is 7.19. The van der Waals surface area contributed by atoms with Gasteiger partial charge in [0, 0.05) is 17.8 Å². The molecular weight excluding hydrogens is 266 g/mol. The molecule has 0 atom stereocenters. The molecule has 80 valence electrons. The van der Waals surface area contributed by atoms with Gasteiger partial charge in [-0.15, -0.1) is 0 Å². The molecule has 0 bridgehead atoms. The topological polar surface area (TPSA) is 9.23 Å². The summed E-state index contributed by atoms with van der Waals surface area (Å²) in [7, 11) is 1.33. The van der Waals surface area contributed by atoms with Crippen molar-refractivity contribution in [2.45, 2.75) is 6.42 Å². The highest BCUT2D eigenvalue weighted by atomic mass is 79.9. The number of benzene rings is 1. The van der Waals surface area contributed by atoms with Gasteiger partial charge in [-0.05, 0) is 6.07 Å². The molecule has 1 nitrogen and oxygen atoms in total. The Morgan fingerprint density at radius 1 is 1.40 bits per heavy atom. The van der Waals surface area contributed by atoms with Crippen molar-refractivity contribution in [1.29, 1.82) is 0 Å². The fourth-order valence-corrected chi connectivity index (χ4v) is 1.26. The van der Waals surface area contributed by atoms with Crippen molar-refractivity contribution in [3.8, 4) is 17.6 Å². The van der Waals surface area contributed by atoms with E-state index in [-0.39, 0.29) is 11.3 Å². The Balaban J connectivity index is 3.11. The second-order valence-electron chi connectivity index (χ2n) is 2.71. The van der Waals surface area contributed by atoms with Crippen LogP contribution in [0.5, 0.6) is 5.75 Å². The summed E-state index contributed by atoms with van der Waals surface area (Å²) in [5.74, 6) is 4.03. The minimum atomic E-state index is -0.736. The summed E-state index contributed by atoms with van der Waals surface area (Å²) in [6.07, 6.45) is 0.612. The van der Waals surface area contributed by atoms with E-state index in [0.717, 1.165) is 17.5 Å². The summed E-state index contributed by atoms with van der Waals surface area (Å²) in [4.78, 5) is 0. The summed E-state index contributed by atoms with van der Waals surface area (Å²) in [6, 6.07) is 1.93. The Morgan fingerprint density at radius 2 is 2.13 bits per heavy atom. The van der Waals surface area contributed by atoms with Crippen LogP contribution in [-0.2, 0) is 0 Å². The van der Waals surface area contributed by atoms with Gasteiger partial charge in [0.1, 0.15) is 5.82 Å². The molecule has 1 rings (SSSR count). The molecule has 0 radical (unpaired) electrons. The number of hydrogen-bond donors (Lipinski definition) is 0. The van der Waals surface area contributed by atoms with Crippen LogP contribution in [-0.4, -0.2) is 12.4 Å². The van der Waals surface area contributed by atoms with Gasteiger partial charge >= 0.3 is 0 Å². The molecule has 4 heteroatoms. The van der Waals surface area contributed by atoms with Crippen LogP contribution in [0.2, 0.25) is 0 Å². The molecule has 0 aliphatic heterocycles. The fraction of sp³-hybridized carbons (Fsp3) is 0.273. The standard InChI is InChI=1S/C11H9BrF2O/c1-15-11-8(4-2-3-5-12)6-9(13)7-10(11)14/h6-7H,3,5H2,1H3. The third kappa shape index (κ3) is 3.21. The van der Waals surface area contributed by atoms with Crippen molar-refractivity contribution in [1.82, 2.24) is 0 Å². The molecule has 0 aliphatic carbocycles. The monoisotopic (exact) mass is 274 g/mol. The molecule has 0 N–H and O–H groups in total. The molecule has 0 amide bonds. The normalized spacial score (nSPS) is 9.33. The maximum Gasteiger partial charge on any atom is 0.170 e. The van der Waals surface area contributed by atoms with Crippen LogP contribution in [0.25, 0.3) is 0 Å². The first-order valence-corrected chi connectivity index (χ1v) is 5.39. The molecule has 1 aromatic rings. The van der Waals surface area contributed by atoms with E-state index in [9.17, 15) is 8.78 Å². The van der Waals surface area contributed by atoms with Crippen molar-refractivity contribution in [2.75, 3.05) is 12.4 Å². The van der Waals surface area contributed by atoms with Crippen molar-refractivity contribution < 1.29 is 13.5 Å². The molecule has 15 heavy (non-hydrogen) atoms. The summed E-state index contributed by atoms with van der Waals surface area (Å²) in [6.45, 7) is 0. The van der Waals surface area contributed by atoms with E-state index in [0.29, 0.717) is 6.42 Å². The van der Waals surface area contributed by atoms with Crippen LogP contribution in [0.3, 0.4) is 0 Å². The zero-order valence-corrected chi connectivity index (χ0v) is 9.70. The molecular formula is C11H9BrF2O. The number of rotatable bonds is 2. The van der Waals surface area contributed by atoms with E-state index in [2.05, 4.69) is 27.8 Å². The largest absolute Gasteiger partial charge is 0.492 e. The van der Waals surface area contributed by atoms with Crippen LogP contribution >= 0.6 is 15.9 Å². The van der Waals surface area contributed by atoms with Crippen LogP contribution < -0.4 is 4.74 Å². The van der Waals surface area contributed by atoms with E-state index < -0.39 is 11.6 Å². The van der Waals surface area contributed by atoms with Gasteiger partial charge < -0.3 is 4.74 Å². The zero-order chi connectivity index (χ0) is 11.3. The zero-order valence-electron chi connectivity index (χ0n) is 8.11. The Labute approximate surface area is 95.6 Å². The van der Waals surface area contributed by atoms with Crippen molar-refractivity contribution >= 4 is 15.9 Å². The first-order valence-electron chi connectivity index (χ1n) is 4.27. The minimum Gasteiger partial charge on any atom is -0.492 e. The molecule has 0 aromatic heterocycles. The van der Waals surface area contributed by atoms with Crippen LogP contribution in [0.15, 0.2) is 12.1 Å². The average molecular weight is 275 g/mol. The van der Waals surface area contributed by atoms with Crippen molar-refractivity contribution in [2.24, 2.45) is 0 Å². The van der Waals surface area contributed by atoms with E-state index in [1.54, 1.807) is 0 Å². The summed E-state index contributed by atoms with van der Waals surface area (Å²) in [5.41, 5.74) is 0.232. The van der Waals surface area contributed by atoms with Gasteiger partial charge in [-0.2, -0.15) is 0 Å². The Kier molecular flexibility index (Phi) is 4.57. The number of methoxy groups -OCH3 is 1. The Morgan fingerprint density at radius 3 is 2.73 bits per heavy atom. The van der Waals surface area contributed by atoms with Gasteiger partial charge in [0.15, 0.2) is 11.6 Å². The second-order valence-corrected chi connectivity index (χ2v) is 3.50. The maximum absolute atomic E-state index is 13.2. The maximum atomic E-state index is 13.2. The Hall–Kier alpha value is -1.08. The number of halogens is 3. The molecule has 0 saturated heterocycles. The quantitative estimate of drug-likeness (QED) is 0.595. The van der Waals surface area contributed by atoms with Gasteiger partial charge in [-0.3, -0.25) is 0 Å². The molecule has 0 heterocycles. The van der Waals surface area contributed by atoms with Gasteiger partial charge in [-0.1, -0.05) is 27.8 Å². The van der Waals surface area contributed by atoms with Gasteiger partial charge in [0.25, 0.3) is 0 Å². The highest BCUT2D eigenvalue weighted by Gasteiger charge is 2.09. The smallest absolute Gasteiger partial charge is 0.170 e. The number of hydrogen-bond acceptors (Lipinski definition) is 1. The highest BCUT2D eigenvalue weighted by Crippen LogP contribution is 2.22. The summed E-state index contributed by atoms with van der Waals surface area (Å²) >= 11 is 3.21. The lowest BCUT2D eigenvalue weighted by atomic mass is 10.2. The first kappa shape index (κ1) is 12.0. The van der Waals surface area contributed by atoms with Crippen LogP contribution in [0.1, 0.15) is 12.0 Å². The molecule has 0 fully saturated rings. The van der Waals surface area contributed by atoms with Crippen LogP contribution in [0.4, 0.5) is 8.78 Å². The molecule has 0 spiro atoms. The summed E-state index contributed by atoms with van der Waals surface area (Å²) in [5, 5.41) is 0.722. The lowest BCUT2D eigenvalue weighted by Crippen LogP contribution is -1.94. The predicted molar refractivity (Wildman–Crippen MR) is 58.2 cm³/mol. The predicted octanol–water partition coefficient (Wildman–Crippen LogP) is 3.11. The number of alkyl halides is 1. The third-order valence-electron chi connectivity index (χ3n) is 1.66. The van der Waals surface area contributed by atoms with E-state index in [4.69, 9.17) is 4.74 Å². The summed E-state index contributed by atoms with van der Waals surface area (Å²) < 4.78 is 30.9. The average Bonchev–Trinajstić information content (AvgIpc) is 2.17. The molecule has 0 saturated carbocycles. The molecule has 0 unspecified atom stereocenters. The van der Waals surface area contributed by atoms with Crippen molar-refractivity contribution in [3.05, 3.63) is 29.3 Å². The third-order valence-corrected chi connectivity index (χ3v) is 2.05. The van der Waals surface area contributed by atoms with Gasteiger partial charge in [0.2, 0.25) is 0 Å². The highest BCUT2D eigenvalue weighted by molar-refractivity contribution is 9.09. The minimum absolute atomic E-state index is 0.0153. The number of ether oxygens (including phenoxy) is 1. The molecule has 0 aliphatic rings. The Bertz CT molecular complexity index is 407. The lowest BCUT2D eigenvalue weighted by molar-refractivity contribution is 0.383. The van der Waals surface area contributed by atoms with Gasteiger partial charge in [0.05, 0.1) is 12.7 Å². The van der Waals surface area contributed by atoms with E-state index in [1.807, 2.05) is 0 Å². The SMILES string of the molecule is COc1c(F)cc(F)cc1C#CCCBr. The van der Waals surface area contributed by atoms with Gasteiger partial charge in [-0.25, -0.2) is 8.78 Å². The molecule has 1 aromatic carbocycles. The lowest BCUT2D eigenvalue weighted by Gasteiger charge is -2.04. The second kappa shape index (κ2) is 5.72. The van der Waals surface area contributed by atoms with E-state index in [1.165, 1.54) is 7.11 Å².